The molecule has 122 valence electrons. The number of pyridine rings is 1. The summed E-state index contributed by atoms with van der Waals surface area (Å²) in [5, 5.41) is 14.1. The molecule has 0 aromatic carbocycles. The van der Waals surface area contributed by atoms with Gasteiger partial charge >= 0.3 is 5.97 Å². The number of halogens is 1. The van der Waals surface area contributed by atoms with Gasteiger partial charge in [-0.2, -0.15) is 0 Å². The number of alkyl halides is 1. The second-order valence-electron chi connectivity index (χ2n) is 5.59. The lowest BCUT2D eigenvalue weighted by Crippen LogP contribution is -2.34. The number of hydrogen-bond donors (Lipinski definition) is 2. The molecule has 2 N–H and O–H groups in total. The third-order valence-electron chi connectivity index (χ3n) is 3.90. The minimum atomic E-state index is -1.06. The number of nitrogens with zero attached hydrogens (tertiary/aromatic N) is 2. The molecule has 0 amide bonds. The highest BCUT2D eigenvalue weighted by Gasteiger charge is 2.32. The minimum Gasteiger partial charge on any atom is -0.477 e. The van der Waals surface area contributed by atoms with Crippen molar-refractivity contribution >= 4 is 23.1 Å². The monoisotopic (exact) mass is 335 g/mol. The largest absolute Gasteiger partial charge is 0.477 e. The average molecular weight is 335 g/mol. The lowest BCUT2D eigenvalue weighted by molar-refractivity contribution is 0.0690. The van der Waals surface area contributed by atoms with Gasteiger partial charge in [-0.15, -0.1) is 11.3 Å². The van der Waals surface area contributed by atoms with E-state index < -0.39 is 12.1 Å². The van der Waals surface area contributed by atoms with Crippen LogP contribution in [0.4, 0.5) is 10.2 Å². The van der Waals surface area contributed by atoms with Crippen LogP contribution in [0.15, 0.2) is 35.7 Å². The number of carboxylic acid groups (broad SMARTS) is 1. The summed E-state index contributed by atoms with van der Waals surface area (Å²) in [5.41, 5.74) is 0.000215. The molecule has 0 unspecified atom stereocenters. The van der Waals surface area contributed by atoms with Crippen molar-refractivity contribution in [2.45, 2.75) is 25.2 Å². The van der Waals surface area contributed by atoms with E-state index in [-0.39, 0.29) is 11.7 Å². The molecular weight excluding hydrogens is 317 g/mol. The number of nitrogens with one attached hydrogen (secondary N) is 1. The number of thiophene rings is 1. The standard InChI is InChI=1S/C16H18FN3O2S/c17-11-7-12(20(9-11)10-13-3-2-6-23-13)8-18-15-5-1-4-14(19-15)16(21)22/h1-6,11-12H,7-10H2,(H,18,19)(H,21,22)/t11-,12-/m0/s1. The molecule has 0 aliphatic carbocycles. The van der Waals surface area contributed by atoms with E-state index in [0.717, 1.165) is 6.54 Å². The van der Waals surface area contributed by atoms with Gasteiger partial charge in [0.15, 0.2) is 5.69 Å². The Hall–Kier alpha value is -1.99. The molecule has 0 radical (unpaired) electrons. The first-order valence-electron chi connectivity index (χ1n) is 7.46. The fraction of sp³-hybridized carbons (Fsp3) is 0.375. The average Bonchev–Trinajstić information content (AvgIpc) is 3.15. The number of carbonyl (C=O) groups is 1. The highest BCUT2D eigenvalue weighted by molar-refractivity contribution is 7.09. The maximum Gasteiger partial charge on any atom is 0.354 e. The topological polar surface area (TPSA) is 65.5 Å². The van der Waals surface area contributed by atoms with E-state index in [0.29, 0.717) is 25.3 Å². The predicted molar refractivity (Wildman–Crippen MR) is 87.7 cm³/mol. The Morgan fingerprint density at radius 1 is 1.43 bits per heavy atom. The van der Waals surface area contributed by atoms with Crippen LogP contribution in [-0.4, -0.2) is 46.3 Å². The molecule has 0 saturated carbocycles. The fourth-order valence-electron chi connectivity index (χ4n) is 2.81. The lowest BCUT2D eigenvalue weighted by Gasteiger charge is -2.23. The number of aromatic carboxylic acids is 1. The van der Waals surface area contributed by atoms with Gasteiger partial charge in [0.2, 0.25) is 0 Å². The van der Waals surface area contributed by atoms with E-state index in [1.807, 2.05) is 11.4 Å². The highest BCUT2D eigenvalue weighted by Crippen LogP contribution is 2.24. The van der Waals surface area contributed by atoms with Crippen molar-refractivity contribution in [2.75, 3.05) is 18.4 Å². The van der Waals surface area contributed by atoms with Crippen LogP contribution in [0.3, 0.4) is 0 Å². The van der Waals surface area contributed by atoms with Crippen LogP contribution in [0, 0.1) is 0 Å². The Kier molecular flexibility index (Phi) is 4.88. The molecule has 1 aliphatic rings. The molecule has 5 nitrogen and oxygen atoms in total. The highest BCUT2D eigenvalue weighted by atomic mass is 32.1. The first-order chi connectivity index (χ1) is 11.1. The van der Waals surface area contributed by atoms with Gasteiger partial charge in [0.25, 0.3) is 0 Å². The molecule has 3 rings (SSSR count). The van der Waals surface area contributed by atoms with E-state index in [1.165, 1.54) is 10.9 Å². The fourth-order valence-corrected chi connectivity index (χ4v) is 3.54. The molecule has 1 saturated heterocycles. The molecule has 3 heterocycles. The summed E-state index contributed by atoms with van der Waals surface area (Å²) in [7, 11) is 0. The van der Waals surface area contributed by atoms with Crippen LogP contribution in [0.5, 0.6) is 0 Å². The van der Waals surface area contributed by atoms with Gasteiger partial charge in [0, 0.05) is 30.6 Å². The van der Waals surface area contributed by atoms with Gasteiger partial charge in [-0.1, -0.05) is 12.1 Å². The summed E-state index contributed by atoms with van der Waals surface area (Å²) in [5.74, 6) is -0.555. The van der Waals surface area contributed by atoms with Crippen molar-refractivity contribution in [3.8, 4) is 0 Å². The van der Waals surface area contributed by atoms with Crippen molar-refractivity contribution < 1.29 is 14.3 Å². The molecule has 0 spiro atoms. The zero-order valence-electron chi connectivity index (χ0n) is 12.5. The van der Waals surface area contributed by atoms with Gasteiger partial charge in [-0.05, 0) is 30.0 Å². The zero-order chi connectivity index (χ0) is 16.2. The van der Waals surface area contributed by atoms with E-state index in [2.05, 4.69) is 21.3 Å². The summed E-state index contributed by atoms with van der Waals surface area (Å²) < 4.78 is 13.8. The summed E-state index contributed by atoms with van der Waals surface area (Å²) >= 11 is 1.67. The smallest absolute Gasteiger partial charge is 0.354 e. The Morgan fingerprint density at radius 3 is 3.04 bits per heavy atom. The Bertz CT molecular complexity index is 665. The van der Waals surface area contributed by atoms with Gasteiger partial charge in [-0.25, -0.2) is 14.2 Å². The van der Waals surface area contributed by atoms with Crippen molar-refractivity contribution in [3.63, 3.8) is 0 Å². The molecule has 2 aromatic heterocycles. The first-order valence-corrected chi connectivity index (χ1v) is 8.34. The number of likely N-dealkylation sites (tertiary alicyclic amines) is 1. The predicted octanol–water partition coefficient (Wildman–Crippen LogP) is 2.87. The Labute approximate surface area is 137 Å². The SMILES string of the molecule is O=C(O)c1cccc(NC[C@@H]2C[C@H](F)CN2Cc2cccs2)n1. The first kappa shape index (κ1) is 15.9. The molecule has 1 aliphatic heterocycles. The maximum atomic E-state index is 13.8. The number of anilines is 1. The molecule has 23 heavy (non-hydrogen) atoms. The van der Waals surface area contributed by atoms with Crippen molar-refractivity contribution in [1.29, 1.82) is 0 Å². The molecular formula is C16H18FN3O2S. The maximum absolute atomic E-state index is 13.8. The number of hydrogen-bond acceptors (Lipinski definition) is 5. The van der Waals surface area contributed by atoms with Gasteiger partial charge in [-0.3, -0.25) is 4.90 Å². The number of aromatic nitrogens is 1. The molecule has 2 atom stereocenters. The van der Waals surface area contributed by atoms with Crippen molar-refractivity contribution in [2.24, 2.45) is 0 Å². The van der Waals surface area contributed by atoms with Crippen LogP contribution >= 0.6 is 11.3 Å². The van der Waals surface area contributed by atoms with Crippen LogP contribution in [-0.2, 0) is 6.54 Å². The summed E-state index contributed by atoms with van der Waals surface area (Å²) in [6.07, 6.45) is -0.336. The van der Waals surface area contributed by atoms with Gasteiger partial charge in [0.1, 0.15) is 12.0 Å². The quantitative estimate of drug-likeness (QED) is 0.850. The normalized spacial score (nSPS) is 21.4. The molecule has 2 aromatic rings. The molecule has 1 fully saturated rings. The second kappa shape index (κ2) is 7.06. The lowest BCUT2D eigenvalue weighted by atomic mass is 10.2. The summed E-state index contributed by atoms with van der Waals surface area (Å²) in [6.45, 7) is 1.72. The molecule has 0 bridgehead atoms. The molecule has 7 heteroatoms. The third-order valence-corrected chi connectivity index (χ3v) is 4.76. The van der Waals surface area contributed by atoms with E-state index >= 15 is 0 Å². The number of rotatable bonds is 6. The van der Waals surface area contributed by atoms with Crippen molar-refractivity contribution in [3.05, 3.63) is 46.3 Å². The Morgan fingerprint density at radius 2 is 2.30 bits per heavy atom. The van der Waals surface area contributed by atoms with Crippen LogP contribution in [0.2, 0.25) is 0 Å². The zero-order valence-corrected chi connectivity index (χ0v) is 13.3. The second-order valence-corrected chi connectivity index (χ2v) is 6.62. The Balaban J connectivity index is 1.61. The summed E-state index contributed by atoms with van der Waals surface area (Å²) in [6, 6.07) is 8.94. The van der Waals surface area contributed by atoms with Crippen molar-refractivity contribution in [1.82, 2.24) is 9.88 Å². The van der Waals surface area contributed by atoms with E-state index in [9.17, 15) is 9.18 Å². The summed E-state index contributed by atoms with van der Waals surface area (Å²) in [4.78, 5) is 18.3. The van der Waals surface area contributed by atoms with Crippen LogP contribution in [0.25, 0.3) is 0 Å². The van der Waals surface area contributed by atoms with Crippen LogP contribution in [0.1, 0.15) is 21.8 Å². The van der Waals surface area contributed by atoms with Crippen LogP contribution < -0.4 is 5.32 Å². The number of carboxylic acids is 1. The van der Waals surface area contributed by atoms with E-state index in [4.69, 9.17) is 5.11 Å². The van der Waals surface area contributed by atoms with E-state index in [1.54, 1.807) is 23.5 Å². The third kappa shape index (κ3) is 4.05. The van der Waals surface area contributed by atoms with Gasteiger partial charge in [0.05, 0.1) is 0 Å². The van der Waals surface area contributed by atoms with Gasteiger partial charge < -0.3 is 10.4 Å². The minimum absolute atomic E-state index is 0.000215.